The van der Waals surface area contributed by atoms with Crippen LogP contribution in [0, 0.1) is 6.92 Å². The van der Waals surface area contributed by atoms with Crippen LogP contribution in [0.3, 0.4) is 0 Å². The van der Waals surface area contributed by atoms with Crippen LogP contribution in [0.15, 0.2) is 48.5 Å². The molecule has 0 aliphatic carbocycles. The normalized spacial score (nSPS) is 12.8. The van der Waals surface area contributed by atoms with Crippen LogP contribution in [0.25, 0.3) is 0 Å². The van der Waals surface area contributed by atoms with Crippen LogP contribution < -0.4 is 10.6 Å². The second kappa shape index (κ2) is 15.9. The quantitative estimate of drug-likeness (QED) is 0.256. The summed E-state index contributed by atoms with van der Waals surface area (Å²) >= 11 is 0. The number of para-hydroxylation sites is 1. The molecule has 0 radical (unpaired) electrons. The number of carbonyl (C=O) groups is 3. The minimum Gasteiger partial charge on any atom is -0.507 e. The van der Waals surface area contributed by atoms with Crippen molar-refractivity contribution in [3.05, 3.63) is 65.2 Å². The van der Waals surface area contributed by atoms with E-state index >= 15 is 0 Å². The number of phenols is 1. The van der Waals surface area contributed by atoms with E-state index in [9.17, 15) is 19.5 Å². The van der Waals surface area contributed by atoms with Gasteiger partial charge >= 0.3 is 6.09 Å². The number of ether oxygens (including phenoxy) is 1. The zero-order valence-corrected chi connectivity index (χ0v) is 25.0. The van der Waals surface area contributed by atoms with E-state index in [0.717, 1.165) is 31.2 Å². The summed E-state index contributed by atoms with van der Waals surface area (Å²) in [6.07, 6.45) is 3.64. The van der Waals surface area contributed by atoms with E-state index in [1.54, 1.807) is 45.9 Å². The Kier molecular flexibility index (Phi) is 13.0. The molecule has 3 N–H and O–H groups in total. The molecule has 0 heterocycles. The van der Waals surface area contributed by atoms with Crippen molar-refractivity contribution in [2.75, 3.05) is 13.1 Å². The van der Waals surface area contributed by atoms with Gasteiger partial charge in [-0.15, -0.1) is 0 Å². The summed E-state index contributed by atoms with van der Waals surface area (Å²) < 4.78 is 5.49. The van der Waals surface area contributed by atoms with Gasteiger partial charge in [0, 0.05) is 25.1 Å². The van der Waals surface area contributed by atoms with E-state index in [2.05, 4.69) is 17.6 Å². The molecule has 2 rings (SSSR count). The second-order valence-electron chi connectivity index (χ2n) is 11.2. The highest BCUT2D eigenvalue weighted by Crippen LogP contribution is 2.32. The van der Waals surface area contributed by atoms with Gasteiger partial charge in [0.05, 0.1) is 0 Å². The summed E-state index contributed by atoms with van der Waals surface area (Å²) in [6.45, 7) is 11.9. The van der Waals surface area contributed by atoms with Crippen LogP contribution in [0.5, 0.6) is 5.75 Å². The number of unbranched alkanes of at least 4 members (excludes halogenated alkanes) is 3. The SMILES string of the molecule is CCCCCN(C(=O)C(Cc1ccccc1)NC(=O)OC(C)(C)C)C(C(=O)NCCCC)c1cccc(C)c1O. The van der Waals surface area contributed by atoms with Crippen molar-refractivity contribution >= 4 is 17.9 Å². The third-order valence-electron chi connectivity index (χ3n) is 6.51. The highest BCUT2D eigenvalue weighted by Gasteiger charge is 2.37. The standard InChI is InChI=1S/C32H47N3O5/c1-7-9-14-21-35(27(29(37)33-20-10-8-2)25-19-15-16-23(3)28(25)36)30(38)26(22-24-17-12-11-13-18-24)34-31(39)40-32(4,5)6/h11-13,15-19,26-27,36H,7-10,14,20-22H2,1-6H3,(H,33,37)(H,34,39). The van der Waals surface area contributed by atoms with Gasteiger partial charge in [0.15, 0.2) is 0 Å². The summed E-state index contributed by atoms with van der Waals surface area (Å²) in [5.74, 6) is -0.802. The fourth-order valence-corrected chi connectivity index (χ4v) is 4.44. The molecule has 0 spiro atoms. The number of phenolic OH excluding ortho intramolecular Hbond substituents is 1. The largest absolute Gasteiger partial charge is 0.507 e. The smallest absolute Gasteiger partial charge is 0.408 e. The lowest BCUT2D eigenvalue weighted by Gasteiger charge is -2.35. The van der Waals surface area contributed by atoms with Gasteiger partial charge in [-0.25, -0.2) is 4.79 Å². The van der Waals surface area contributed by atoms with Gasteiger partial charge in [-0.2, -0.15) is 0 Å². The molecule has 0 saturated carbocycles. The number of rotatable bonds is 14. The number of aromatic hydroxyl groups is 1. The van der Waals surface area contributed by atoms with Crippen molar-refractivity contribution < 1.29 is 24.2 Å². The zero-order valence-electron chi connectivity index (χ0n) is 25.0. The molecule has 0 saturated heterocycles. The van der Waals surface area contributed by atoms with Crippen LogP contribution in [0.2, 0.25) is 0 Å². The van der Waals surface area contributed by atoms with Crippen molar-refractivity contribution in [3.63, 3.8) is 0 Å². The van der Waals surface area contributed by atoms with Crippen molar-refractivity contribution in [3.8, 4) is 5.75 Å². The van der Waals surface area contributed by atoms with Gasteiger partial charge in [-0.3, -0.25) is 9.59 Å². The molecule has 2 aromatic carbocycles. The topological polar surface area (TPSA) is 108 Å². The van der Waals surface area contributed by atoms with Crippen molar-refractivity contribution in [2.45, 2.75) is 97.8 Å². The van der Waals surface area contributed by atoms with Crippen LogP contribution >= 0.6 is 0 Å². The Hall–Kier alpha value is -3.55. The summed E-state index contributed by atoms with van der Waals surface area (Å²) in [5, 5.41) is 16.8. The first-order chi connectivity index (χ1) is 19.0. The van der Waals surface area contributed by atoms with Crippen molar-refractivity contribution in [1.29, 1.82) is 0 Å². The molecule has 0 aromatic heterocycles. The van der Waals surface area contributed by atoms with Crippen LogP contribution in [0.1, 0.15) is 89.5 Å². The second-order valence-corrected chi connectivity index (χ2v) is 11.2. The summed E-state index contributed by atoms with van der Waals surface area (Å²) in [5.41, 5.74) is 1.07. The fourth-order valence-electron chi connectivity index (χ4n) is 4.44. The molecule has 8 nitrogen and oxygen atoms in total. The number of amides is 3. The third kappa shape index (κ3) is 10.2. The molecule has 0 aliphatic rings. The van der Waals surface area contributed by atoms with Gasteiger partial charge in [-0.1, -0.05) is 81.6 Å². The molecule has 0 aliphatic heterocycles. The van der Waals surface area contributed by atoms with E-state index in [4.69, 9.17) is 4.74 Å². The van der Waals surface area contributed by atoms with Gasteiger partial charge in [0.2, 0.25) is 11.8 Å². The Morgan fingerprint density at radius 3 is 2.25 bits per heavy atom. The molecule has 3 amide bonds. The monoisotopic (exact) mass is 553 g/mol. The average Bonchev–Trinajstić information content (AvgIpc) is 2.89. The maximum absolute atomic E-state index is 14.4. The molecular weight excluding hydrogens is 506 g/mol. The lowest BCUT2D eigenvalue weighted by molar-refractivity contribution is -0.142. The van der Waals surface area contributed by atoms with Gasteiger partial charge in [0.1, 0.15) is 23.4 Å². The first kappa shape index (κ1) is 32.7. The summed E-state index contributed by atoms with van der Waals surface area (Å²) in [4.78, 5) is 42.5. The lowest BCUT2D eigenvalue weighted by atomic mass is 9.97. The molecule has 220 valence electrons. The number of nitrogens with one attached hydrogen (secondary N) is 2. The number of nitrogens with zero attached hydrogens (tertiary/aromatic N) is 1. The first-order valence-corrected chi connectivity index (χ1v) is 14.4. The predicted octanol–water partition coefficient (Wildman–Crippen LogP) is 5.81. The zero-order chi connectivity index (χ0) is 29.7. The number of aryl methyl sites for hydroxylation is 1. The Bertz CT molecular complexity index is 1100. The first-order valence-electron chi connectivity index (χ1n) is 14.4. The van der Waals surface area contributed by atoms with Gasteiger partial charge in [0.25, 0.3) is 0 Å². The van der Waals surface area contributed by atoms with Crippen molar-refractivity contribution in [2.24, 2.45) is 0 Å². The molecular formula is C32H47N3O5. The molecule has 0 bridgehead atoms. The Morgan fingerprint density at radius 1 is 0.950 bits per heavy atom. The number of carbonyl (C=O) groups excluding carboxylic acids is 3. The van der Waals surface area contributed by atoms with Crippen molar-refractivity contribution in [1.82, 2.24) is 15.5 Å². The molecule has 0 fully saturated rings. The number of hydrogen-bond acceptors (Lipinski definition) is 5. The number of benzene rings is 2. The van der Waals surface area contributed by atoms with Gasteiger partial charge in [-0.05, 0) is 51.7 Å². The van der Waals surface area contributed by atoms with Crippen LogP contribution in [0.4, 0.5) is 4.79 Å². The average molecular weight is 554 g/mol. The predicted molar refractivity (Wildman–Crippen MR) is 158 cm³/mol. The maximum atomic E-state index is 14.4. The summed E-state index contributed by atoms with van der Waals surface area (Å²) in [6, 6.07) is 12.6. The molecule has 40 heavy (non-hydrogen) atoms. The van der Waals surface area contributed by atoms with Gasteiger partial charge < -0.3 is 25.4 Å². The molecule has 2 atom stereocenters. The minimum atomic E-state index is -1.07. The number of alkyl carbamates (subject to hydrolysis) is 1. The Labute approximate surface area is 239 Å². The van der Waals surface area contributed by atoms with E-state index in [0.29, 0.717) is 24.1 Å². The highest BCUT2D eigenvalue weighted by molar-refractivity contribution is 5.92. The third-order valence-corrected chi connectivity index (χ3v) is 6.51. The fraction of sp³-hybridized carbons (Fsp3) is 0.531. The van der Waals surface area contributed by atoms with Crippen LogP contribution in [-0.2, 0) is 20.7 Å². The highest BCUT2D eigenvalue weighted by atomic mass is 16.6. The Morgan fingerprint density at radius 2 is 1.62 bits per heavy atom. The van der Waals surface area contributed by atoms with E-state index in [1.807, 2.05) is 37.3 Å². The maximum Gasteiger partial charge on any atom is 0.408 e. The number of hydrogen-bond donors (Lipinski definition) is 3. The van der Waals surface area contributed by atoms with E-state index in [1.165, 1.54) is 4.90 Å². The molecule has 8 heteroatoms. The minimum absolute atomic E-state index is 0.0221. The van der Waals surface area contributed by atoms with E-state index in [-0.39, 0.29) is 24.6 Å². The molecule has 2 aromatic rings. The molecule has 2 unspecified atom stereocenters. The summed E-state index contributed by atoms with van der Waals surface area (Å²) in [7, 11) is 0. The van der Waals surface area contributed by atoms with Crippen LogP contribution in [-0.4, -0.2) is 52.6 Å². The van der Waals surface area contributed by atoms with E-state index < -0.39 is 29.7 Å². The Balaban J connectivity index is 2.57. The lowest BCUT2D eigenvalue weighted by Crippen LogP contribution is -2.54.